The third-order valence-electron chi connectivity index (χ3n) is 1.25. The summed E-state index contributed by atoms with van der Waals surface area (Å²) in [5.41, 5.74) is 0.0810. The average Bonchev–Trinajstić information content (AvgIpc) is 2.33. The molecule has 0 aliphatic rings. The molecule has 1 rings (SSSR count). The van der Waals surface area contributed by atoms with E-state index in [1.54, 1.807) is 0 Å². The van der Waals surface area contributed by atoms with Crippen LogP contribution in [0.2, 0.25) is 0 Å². The lowest BCUT2D eigenvalue weighted by Crippen LogP contribution is -2.16. The number of carbonyl (C=O) groups excluding carboxylic acids is 1. The average molecular weight is 154 g/mol. The molecule has 0 saturated carbocycles. The number of aromatic nitrogens is 2. The fourth-order valence-corrected chi connectivity index (χ4v) is 0.706. The van der Waals surface area contributed by atoms with Crippen LogP contribution in [0.5, 0.6) is 0 Å². The number of aliphatic carboxylic acids is 1. The van der Waals surface area contributed by atoms with Gasteiger partial charge in [-0.3, -0.25) is 9.48 Å². The van der Waals surface area contributed by atoms with Gasteiger partial charge < -0.3 is 5.11 Å². The molecule has 5 nitrogen and oxygen atoms in total. The number of carbonyl (C=O) groups is 2. The van der Waals surface area contributed by atoms with Crippen molar-refractivity contribution in [1.82, 2.24) is 9.78 Å². The molecule has 1 heterocycles. The minimum absolute atomic E-state index is 0.0810. The molecule has 0 atom stereocenters. The maximum Gasteiger partial charge on any atom is 0.378 e. The van der Waals surface area contributed by atoms with Gasteiger partial charge in [0.2, 0.25) is 0 Å². The highest BCUT2D eigenvalue weighted by atomic mass is 16.4. The summed E-state index contributed by atoms with van der Waals surface area (Å²) in [6.07, 6.45) is 1.37. The Morgan fingerprint density at radius 1 is 1.64 bits per heavy atom. The number of ketones is 1. The zero-order chi connectivity index (χ0) is 8.43. The van der Waals surface area contributed by atoms with Gasteiger partial charge in [0.05, 0.1) is 0 Å². The van der Waals surface area contributed by atoms with Crippen LogP contribution in [-0.4, -0.2) is 26.6 Å². The Morgan fingerprint density at radius 3 is 2.64 bits per heavy atom. The molecule has 0 bridgehead atoms. The first kappa shape index (κ1) is 7.46. The first-order valence-electron chi connectivity index (χ1n) is 2.88. The molecule has 58 valence electrons. The van der Waals surface area contributed by atoms with E-state index in [1.165, 1.54) is 24.0 Å². The Morgan fingerprint density at radius 2 is 2.27 bits per heavy atom. The molecular formula is C6H6N2O3. The smallest absolute Gasteiger partial charge is 0.378 e. The normalized spacial score (nSPS) is 9.55. The zero-order valence-corrected chi connectivity index (χ0v) is 5.81. The molecule has 0 radical (unpaired) electrons. The van der Waals surface area contributed by atoms with Crippen LogP contribution < -0.4 is 0 Å². The molecule has 0 unspecified atom stereocenters. The van der Waals surface area contributed by atoms with Gasteiger partial charge in [-0.05, 0) is 6.07 Å². The molecule has 5 heteroatoms. The minimum atomic E-state index is -1.46. The Balaban J connectivity index is 3.02. The second kappa shape index (κ2) is 2.53. The van der Waals surface area contributed by atoms with Gasteiger partial charge in [-0.15, -0.1) is 0 Å². The number of carboxylic acid groups (broad SMARTS) is 1. The van der Waals surface area contributed by atoms with Gasteiger partial charge in [0.15, 0.2) is 0 Å². The number of nitrogens with zero attached hydrogens (tertiary/aromatic N) is 2. The molecule has 0 aliphatic heterocycles. The van der Waals surface area contributed by atoms with Crippen molar-refractivity contribution in [2.75, 3.05) is 0 Å². The summed E-state index contributed by atoms with van der Waals surface area (Å²) in [7, 11) is 1.51. The second-order valence-corrected chi connectivity index (χ2v) is 1.97. The van der Waals surface area contributed by atoms with Gasteiger partial charge >= 0.3 is 5.97 Å². The molecule has 1 aromatic rings. The Kier molecular flexibility index (Phi) is 1.72. The second-order valence-electron chi connectivity index (χ2n) is 1.97. The van der Waals surface area contributed by atoms with Crippen LogP contribution in [0.4, 0.5) is 0 Å². The standard InChI is InChI=1S/C6H6N2O3/c1-8-4(2-3-7-8)5(9)6(10)11/h2-3H,1H3,(H,10,11). The number of Topliss-reactive ketones (excluding diaryl/α,β-unsaturated/α-hetero) is 1. The fourth-order valence-electron chi connectivity index (χ4n) is 0.706. The first-order chi connectivity index (χ1) is 5.13. The monoisotopic (exact) mass is 154 g/mol. The van der Waals surface area contributed by atoms with Crippen LogP contribution in [0, 0.1) is 0 Å². The molecule has 0 saturated heterocycles. The third kappa shape index (κ3) is 1.26. The lowest BCUT2D eigenvalue weighted by atomic mass is 10.3. The maximum absolute atomic E-state index is 10.8. The van der Waals surface area contributed by atoms with Crippen LogP contribution >= 0.6 is 0 Å². The van der Waals surface area contributed by atoms with Gasteiger partial charge in [-0.25, -0.2) is 4.79 Å². The summed E-state index contributed by atoms with van der Waals surface area (Å²) in [4.78, 5) is 20.9. The molecule has 0 spiro atoms. The van der Waals surface area contributed by atoms with E-state index in [9.17, 15) is 9.59 Å². The minimum Gasteiger partial charge on any atom is -0.475 e. The van der Waals surface area contributed by atoms with E-state index in [0.717, 1.165) is 0 Å². The molecular weight excluding hydrogens is 148 g/mol. The number of carboxylic acids is 1. The van der Waals surface area contributed by atoms with E-state index in [1.807, 2.05) is 0 Å². The van der Waals surface area contributed by atoms with Crippen molar-refractivity contribution in [2.45, 2.75) is 0 Å². The zero-order valence-electron chi connectivity index (χ0n) is 5.81. The van der Waals surface area contributed by atoms with Crippen molar-refractivity contribution in [3.63, 3.8) is 0 Å². The Labute approximate surface area is 62.3 Å². The van der Waals surface area contributed by atoms with E-state index < -0.39 is 11.8 Å². The summed E-state index contributed by atoms with van der Waals surface area (Å²) in [5, 5.41) is 11.9. The van der Waals surface area contributed by atoms with E-state index in [2.05, 4.69) is 5.10 Å². The molecule has 0 aliphatic carbocycles. The van der Waals surface area contributed by atoms with Crippen molar-refractivity contribution in [2.24, 2.45) is 7.05 Å². The van der Waals surface area contributed by atoms with E-state index >= 15 is 0 Å². The van der Waals surface area contributed by atoms with Crippen molar-refractivity contribution >= 4 is 11.8 Å². The summed E-state index contributed by atoms with van der Waals surface area (Å²) >= 11 is 0. The Hall–Kier alpha value is -1.65. The van der Waals surface area contributed by atoms with Gasteiger partial charge in [-0.1, -0.05) is 0 Å². The number of rotatable bonds is 2. The first-order valence-corrected chi connectivity index (χ1v) is 2.88. The summed E-state index contributed by atoms with van der Waals surface area (Å²) < 4.78 is 1.22. The largest absolute Gasteiger partial charge is 0.475 e. The van der Waals surface area contributed by atoms with Crippen LogP contribution in [0.1, 0.15) is 10.5 Å². The van der Waals surface area contributed by atoms with Crippen molar-refractivity contribution in [3.8, 4) is 0 Å². The highest BCUT2D eigenvalue weighted by molar-refractivity contribution is 6.39. The molecule has 0 aromatic carbocycles. The van der Waals surface area contributed by atoms with Crippen molar-refractivity contribution < 1.29 is 14.7 Å². The van der Waals surface area contributed by atoms with Crippen LogP contribution in [0.15, 0.2) is 12.3 Å². The van der Waals surface area contributed by atoms with Gasteiger partial charge in [0.1, 0.15) is 5.69 Å². The van der Waals surface area contributed by atoms with E-state index in [0.29, 0.717) is 0 Å². The van der Waals surface area contributed by atoms with Gasteiger partial charge in [-0.2, -0.15) is 5.10 Å². The van der Waals surface area contributed by atoms with Gasteiger partial charge in [0.25, 0.3) is 5.78 Å². The summed E-state index contributed by atoms with van der Waals surface area (Å²) in [6, 6.07) is 1.36. The molecule has 0 amide bonds. The third-order valence-corrected chi connectivity index (χ3v) is 1.25. The molecule has 0 fully saturated rings. The lowest BCUT2D eigenvalue weighted by Gasteiger charge is -1.94. The van der Waals surface area contributed by atoms with Crippen LogP contribution in [-0.2, 0) is 11.8 Å². The van der Waals surface area contributed by atoms with Crippen LogP contribution in [0.3, 0.4) is 0 Å². The van der Waals surface area contributed by atoms with E-state index in [4.69, 9.17) is 5.11 Å². The maximum atomic E-state index is 10.8. The van der Waals surface area contributed by atoms with Gasteiger partial charge in [0, 0.05) is 13.2 Å². The number of aryl methyl sites for hydroxylation is 1. The lowest BCUT2D eigenvalue weighted by molar-refractivity contribution is -0.131. The molecule has 1 N–H and O–H groups in total. The predicted molar refractivity (Wildman–Crippen MR) is 35.2 cm³/mol. The quantitative estimate of drug-likeness (QED) is 0.468. The van der Waals surface area contributed by atoms with Crippen molar-refractivity contribution in [3.05, 3.63) is 18.0 Å². The highest BCUT2D eigenvalue weighted by Gasteiger charge is 2.17. The van der Waals surface area contributed by atoms with Crippen molar-refractivity contribution in [1.29, 1.82) is 0 Å². The Bertz CT molecular complexity index is 303. The molecule has 11 heavy (non-hydrogen) atoms. The number of hydrogen-bond acceptors (Lipinski definition) is 3. The fraction of sp³-hybridized carbons (Fsp3) is 0.167. The van der Waals surface area contributed by atoms with Crippen LogP contribution in [0.25, 0.3) is 0 Å². The SMILES string of the molecule is Cn1nccc1C(=O)C(=O)O. The number of hydrogen-bond donors (Lipinski definition) is 1. The van der Waals surface area contributed by atoms with E-state index in [-0.39, 0.29) is 5.69 Å². The predicted octanol–water partition coefficient (Wildman–Crippen LogP) is -0.313. The highest BCUT2D eigenvalue weighted by Crippen LogP contribution is 1.96. The topological polar surface area (TPSA) is 72.2 Å². The summed E-state index contributed by atoms with van der Waals surface area (Å²) in [6.45, 7) is 0. The summed E-state index contributed by atoms with van der Waals surface area (Å²) in [5.74, 6) is -2.40. The molecule has 1 aromatic heterocycles.